The number of nitrogen functional groups attached to an aromatic ring is 1. The van der Waals surface area contributed by atoms with Gasteiger partial charge in [-0.2, -0.15) is 10.1 Å². The van der Waals surface area contributed by atoms with Gasteiger partial charge < -0.3 is 15.4 Å². The minimum atomic E-state index is -0.471. The van der Waals surface area contributed by atoms with E-state index in [9.17, 15) is 4.39 Å². The summed E-state index contributed by atoms with van der Waals surface area (Å²) in [7, 11) is 0. The van der Waals surface area contributed by atoms with Crippen LogP contribution in [0.2, 0.25) is 0 Å². The van der Waals surface area contributed by atoms with Crippen molar-refractivity contribution in [3.63, 3.8) is 0 Å². The first-order valence-corrected chi connectivity index (χ1v) is 7.08. The summed E-state index contributed by atoms with van der Waals surface area (Å²) in [6.07, 6.45) is 4.16. The zero-order chi connectivity index (χ0) is 16.1. The first kappa shape index (κ1) is 15.1. The number of nitrogens with one attached hydrogen (secondary N) is 1. The maximum absolute atomic E-state index is 13.9. The highest BCUT2D eigenvalue weighted by molar-refractivity contribution is 5.77. The van der Waals surface area contributed by atoms with Crippen LogP contribution in [0.25, 0.3) is 0 Å². The van der Waals surface area contributed by atoms with Crippen molar-refractivity contribution in [2.24, 2.45) is 5.10 Å². The highest BCUT2D eigenvalue weighted by atomic mass is 19.1. The third-order valence-electron chi connectivity index (χ3n) is 3.21. The van der Waals surface area contributed by atoms with E-state index in [0.717, 1.165) is 6.20 Å². The van der Waals surface area contributed by atoms with Gasteiger partial charge in [-0.25, -0.2) is 14.8 Å². The molecule has 9 heteroatoms. The molecule has 0 radical (unpaired) electrons. The molecule has 3 rings (SSSR count). The van der Waals surface area contributed by atoms with Gasteiger partial charge in [-0.15, -0.1) is 0 Å². The van der Waals surface area contributed by atoms with Crippen LogP contribution in [-0.2, 0) is 4.74 Å². The number of rotatable bonds is 4. The lowest BCUT2D eigenvalue weighted by Crippen LogP contribution is -2.37. The third kappa shape index (κ3) is 3.89. The lowest BCUT2D eigenvalue weighted by Gasteiger charge is -2.27. The Kier molecular flexibility index (Phi) is 4.57. The highest BCUT2D eigenvalue weighted by Crippen LogP contribution is 2.18. The molecule has 1 fully saturated rings. The molecular formula is C14H16FN7O. The minimum absolute atomic E-state index is 0.208. The fourth-order valence-electron chi connectivity index (χ4n) is 2.06. The van der Waals surface area contributed by atoms with Crippen LogP contribution in [0.1, 0.15) is 5.69 Å². The first-order chi connectivity index (χ1) is 11.2. The summed E-state index contributed by atoms with van der Waals surface area (Å²) in [6, 6.07) is 3.45. The Hall–Kier alpha value is -2.81. The summed E-state index contributed by atoms with van der Waals surface area (Å²) in [5.41, 5.74) is 9.43. The number of nitrogens with two attached hydrogens (primary N) is 1. The SMILES string of the molecule is Nc1ccc(/C=N/Nc2ncc(F)c(N3CCOCC3)n2)nc1. The van der Waals surface area contributed by atoms with Crippen molar-refractivity contribution in [3.8, 4) is 0 Å². The number of pyridine rings is 1. The third-order valence-corrected chi connectivity index (χ3v) is 3.21. The second kappa shape index (κ2) is 6.97. The monoisotopic (exact) mass is 317 g/mol. The Labute approximate surface area is 132 Å². The topological polar surface area (TPSA) is 102 Å². The molecule has 3 N–H and O–H groups in total. The Balaban J connectivity index is 1.69. The molecule has 0 saturated carbocycles. The van der Waals surface area contributed by atoms with Gasteiger partial charge in [0, 0.05) is 13.1 Å². The summed E-state index contributed by atoms with van der Waals surface area (Å²) in [4.78, 5) is 13.9. The molecular weight excluding hydrogens is 301 g/mol. The number of nitrogens with zero attached hydrogens (tertiary/aromatic N) is 5. The van der Waals surface area contributed by atoms with Crippen LogP contribution in [-0.4, -0.2) is 47.5 Å². The molecule has 2 aromatic heterocycles. The normalized spacial score (nSPS) is 15.1. The number of hydrazone groups is 1. The Morgan fingerprint density at radius 2 is 2.09 bits per heavy atom. The molecule has 0 unspecified atom stereocenters. The number of morpholine rings is 1. The quantitative estimate of drug-likeness (QED) is 0.637. The van der Waals surface area contributed by atoms with Gasteiger partial charge in [-0.3, -0.25) is 4.98 Å². The smallest absolute Gasteiger partial charge is 0.245 e. The van der Waals surface area contributed by atoms with E-state index in [2.05, 4.69) is 25.5 Å². The average Bonchev–Trinajstić information content (AvgIpc) is 2.59. The molecule has 0 amide bonds. The van der Waals surface area contributed by atoms with Gasteiger partial charge in [0.1, 0.15) is 0 Å². The summed E-state index contributed by atoms with van der Waals surface area (Å²) in [5.74, 6) is -0.0205. The van der Waals surface area contributed by atoms with E-state index >= 15 is 0 Å². The highest BCUT2D eigenvalue weighted by Gasteiger charge is 2.17. The van der Waals surface area contributed by atoms with Crippen LogP contribution in [0.3, 0.4) is 0 Å². The van der Waals surface area contributed by atoms with E-state index in [1.807, 2.05) is 4.90 Å². The lowest BCUT2D eigenvalue weighted by atomic mass is 10.3. The molecule has 0 spiro atoms. The number of hydrogen-bond acceptors (Lipinski definition) is 8. The van der Waals surface area contributed by atoms with Crippen molar-refractivity contribution in [2.45, 2.75) is 0 Å². The maximum Gasteiger partial charge on any atom is 0.245 e. The number of aromatic nitrogens is 3. The van der Waals surface area contributed by atoms with Gasteiger partial charge in [-0.05, 0) is 12.1 Å². The fourth-order valence-corrected chi connectivity index (χ4v) is 2.06. The fraction of sp³-hybridized carbons (Fsp3) is 0.286. The average molecular weight is 317 g/mol. The summed E-state index contributed by atoms with van der Waals surface area (Å²) in [6.45, 7) is 2.28. The summed E-state index contributed by atoms with van der Waals surface area (Å²) < 4.78 is 19.1. The molecule has 2 aromatic rings. The maximum atomic E-state index is 13.9. The number of hydrogen-bond donors (Lipinski definition) is 2. The van der Waals surface area contributed by atoms with E-state index in [-0.39, 0.29) is 11.8 Å². The van der Waals surface area contributed by atoms with Gasteiger partial charge in [0.2, 0.25) is 5.95 Å². The zero-order valence-electron chi connectivity index (χ0n) is 12.3. The minimum Gasteiger partial charge on any atom is -0.397 e. The molecule has 23 heavy (non-hydrogen) atoms. The largest absolute Gasteiger partial charge is 0.397 e. The summed E-state index contributed by atoms with van der Waals surface area (Å²) >= 11 is 0. The van der Waals surface area contributed by atoms with E-state index in [1.54, 1.807) is 12.1 Å². The Morgan fingerprint density at radius 1 is 1.26 bits per heavy atom. The second-order valence-corrected chi connectivity index (χ2v) is 4.85. The van der Waals surface area contributed by atoms with Crippen LogP contribution in [0.15, 0.2) is 29.6 Å². The van der Waals surface area contributed by atoms with Gasteiger partial charge in [0.05, 0.1) is 43.2 Å². The van der Waals surface area contributed by atoms with Crippen molar-refractivity contribution >= 4 is 23.7 Å². The molecule has 8 nitrogen and oxygen atoms in total. The summed E-state index contributed by atoms with van der Waals surface area (Å²) in [5, 5.41) is 3.99. The van der Waals surface area contributed by atoms with Crippen LogP contribution >= 0.6 is 0 Å². The van der Waals surface area contributed by atoms with E-state index in [0.29, 0.717) is 37.7 Å². The molecule has 1 aliphatic heterocycles. The Morgan fingerprint density at radius 3 is 2.83 bits per heavy atom. The standard InChI is InChI=1S/C14H16FN7O/c15-12-9-18-14(20-13(12)22-3-5-23-6-4-22)21-19-8-11-2-1-10(16)7-17-11/h1-2,7-9H,3-6,16H2,(H,18,20,21)/b19-8+. The number of ether oxygens (including phenoxy) is 1. The predicted octanol–water partition coefficient (Wildman–Crippen LogP) is 0.875. The molecule has 0 aliphatic carbocycles. The zero-order valence-corrected chi connectivity index (χ0v) is 12.3. The van der Waals surface area contributed by atoms with E-state index < -0.39 is 5.82 Å². The van der Waals surface area contributed by atoms with Gasteiger partial charge in [0.15, 0.2) is 11.6 Å². The van der Waals surface area contributed by atoms with Crippen molar-refractivity contribution in [1.82, 2.24) is 15.0 Å². The van der Waals surface area contributed by atoms with Gasteiger partial charge in [-0.1, -0.05) is 0 Å². The van der Waals surface area contributed by atoms with Crippen LogP contribution in [0.5, 0.6) is 0 Å². The molecule has 120 valence electrons. The van der Waals surface area contributed by atoms with E-state index in [1.165, 1.54) is 12.4 Å². The van der Waals surface area contributed by atoms with Gasteiger partial charge >= 0.3 is 0 Å². The Bertz CT molecular complexity index is 686. The molecule has 0 aromatic carbocycles. The van der Waals surface area contributed by atoms with Gasteiger partial charge in [0.25, 0.3) is 0 Å². The molecule has 1 aliphatic rings. The van der Waals surface area contributed by atoms with Crippen LogP contribution < -0.4 is 16.1 Å². The predicted molar refractivity (Wildman–Crippen MR) is 84.9 cm³/mol. The van der Waals surface area contributed by atoms with Crippen molar-refractivity contribution in [2.75, 3.05) is 42.4 Å². The molecule has 3 heterocycles. The molecule has 0 bridgehead atoms. The lowest BCUT2D eigenvalue weighted by molar-refractivity contribution is 0.122. The van der Waals surface area contributed by atoms with Crippen LogP contribution in [0, 0.1) is 5.82 Å². The van der Waals surface area contributed by atoms with Crippen LogP contribution in [0.4, 0.5) is 21.8 Å². The van der Waals surface area contributed by atoms with E-state index in [4.69, 9.17) is 10.5 Å². The number of halogens is 1. The molecule has 0 atom stereocenters. The number of anilines is 3. The second-order valence-electron chi connectivity index (χ2n) is 4.85. The van der Waals surface area contributed by atoms with Crippen molar-refractivity contribution < 1.29 is 9.13 Å². The first-order valence-electron chi connectivity index (χ1n) is 7.08. The van der Waals surface area contributed by atoms with Crippen molar-refractivity contribution in [1.29, 1.82) is 0 Å². The molecule has 1 saturated heterocycles. The van der Waals surface area contributed by atoms with Crippen molar-refractivity contribution in [3.05, 3.63) is 36.0 Å².